The Morgan fingerprint density at radius 2 is 1.26 bits per heavy atom. The molecule has 3 aromatic heterocycles. The highest BCUT2D eigenvalue weighted by Crippen LogP contribution is 2.56. The summed E-state index contributed by atoms with van der Waals surface area (Å²) >= 11 is 0. The van der Waals surface area contributed by atoms with Crippen LogP contribution < -0.4 is 4.74 Å². The highest BCUT2D eigenvalue weighted by molar-refractivity contribution is 6.04. The third-order valence-electron chi connectivity index (χ3n) is 13.6. The normalized spacial score (nSPS) is 15.7. The topological polar surface area (TPSA) is 57.2 Å². The molecule has 0 atom stereocenters. The molecular formula is C55H41N5O. The predicted octanol–water partition coefficient (Wildman–Crippen LogP) is 14.0. The van der Waals surface area contributed by atoms with E-state index in [1.807, 2.05) is 6.20 Å². The molecule has 0 saturated heterocycles. The van der Waals surface area contributed by atoms with E-state index in [0.29, 0.717) is 0 Å². The van der Waals surface area contributed by atoms with Crippen molar-refractivity contribution in [3.63, 3.8) is 0 Å². The van der Waals surface area contributed by atoms with Gasteiger partial charge in [-0.05, 0) is 112 Å². The third-order valence-corrected chi connectivity index (χ3v) is 13.6. The Hall–Kier alpha value is -7.31. The molecule has 0 radical (unpaired) electrons. The van der Waals surface area contributed by atoms with Gasteiger partial charge in [-0.2, -0.15) is 0 Å². The Morgan fingerprint density at radius 3 is 2.08 bits per heavy atom. The van der Waals surface area contributed by atoms with Crippen LogP contribution in [0.15, 0.2) is 158 Å². The first-order valence-corrected chi connectivity index (χ1v) is 21.4. The van der Waals surface area contributed by atoms with Crippen molar-refractivity contribution in [3.05, 3.63) is 175 Å². The fraction of sp³-hybridized carbons (Fsp3) is 0.145. The number of hydrogen-bond donors (Lipinski definition) is 0. The molecule has 2 aliphatic carbocycles. The highest BCUT2D eigenvalue weighted by atomic mass is 16.5. The number of para-hydroxylation sites is 5. The Bertz CT molecular complexity index is 3520. The Labute approximate surface area is 355 Å². The first-order valence-electron chi connectivity index (χ1n) is 21.9. The van der Waals surface area contributed by atoms with Gasteiger partial charge in [-0.25, -0.2) is 15.0 Å². The Kier molecular flexibility index (Phi) is 7.06. The van der Waals surface area contributed by atoms with Crippen LogP contribution in [0.3, 0.4) is 0 Å². The first-order chi connectivity index (χ1) is 30.4. The van der Waals surface area contributed by atoms with Crippen LogP contribution in [0.2, 0.25) is 0 Å². The molecule has 1 aliphatic heterocycles. The van der Waals surface area contributed by atoms with Crippen LogP contribution in [-0.4, -0.2) is 23.9 Å². The van der Waals surface area contributed by atoms with Crippen LogP contribution in [0.5, 0.6) is 11.5 Å². The molecule has 0 amide bonds. The maximum atomic E-state index is 10.4. The second kappa shape index (κ2) is 12.8. The van der Waals surface area contributed by atoms with Crippen LogP contribution in [0.1, 0.15) is 63.5 Å². The Balaban J connectivity index is 1.18. The van der Waals surface area contributed by atoms with Gasteiger partial charge in [0.1, 0.15) is 17.8 Å². The minimum absolute atomic E-state index is 0.418. The van der Waals surface area contributed by atoms with Gasteiger partial charge in [0.05, 0.1) is 33.4 Å². The van der Waals surface area contributed by atoms with E-state index in [1.54, 1.807) is 6.33 Å². The standard InChI is InChI=1S/C55H41N5O/c1-55(2)45-21-9-14-26-51(45)61-53-43(27-34(28-46(53)55)59-49-24-12-13-25-50(49)60-48-23-11-10-22-47(48)58-54(59)60)42-30-41-37-19-7-8-20-38(37)52-44(31-56-32-57-52)36-18-6-5-17-35(36)40(41)29-39(42)33-15-3-4-16-33/h5-14,17-33H,3-4,15-16H2,1-2H3/i33D. The first kappa shape index (κ1) is 33.5. The number of ether oxygens (including phenoxy) is 1. The maximum Gasteiger partial charge on any atom is 0.220 e. The van der Waals surface area contributed by atoms with Crippen molar-refractivity contribution in [2.75, 3.05) is 0 Å². The summed E-state index contributed by atoms with van der Waals surface area (Å²) < 4.78 is 22.2. The van der Waals surface area contributed by atoms with Crippen molar-refractivity contribution >= 4 is 27.8 Å². The van der Waals surface area contributed by atoms with Gasteiger partial charge in [-0.3, -0.25) is 8.97 Å². The number of fused-ring (bicyclic) bond motifs is 15. The van der Waals surface area contributed by atoms with Crippen molar-refractivity contribution in [1.82, 2.24) is 23.9 Å². The molecule has 0 spiro atoms. The van der Waals surface area contributed by atoms with Gasteiger partial charge >= 0.3 is 0 Å². The van der Waals surface area contributed by atoms with E-state index in [1.165, 1.54) is 0 Å². The number of rotatable bonds is 3. The molecule has 7 aromatic carbocycles. The second-order valence-corrected chi connectivity index (χ2v) is 17.3. The average Bonchev–Trinajstić information content (AvgIpc) is 4.01. The molecule has 0 unspecified atom stereocenters. The van der Waals surface area contributed by atoms with Gasteiger partial charge in [0.2, 0.25) is 5.78 Å². The third kappa shape index (κ3) is 4.93. The quantitative estimate of drug-likeness (QED) is 0.179. The van der Waals surface area contributed by atoms with Gasteiger partial charge in [0.15, 0.2) is 0 Å². The molecule has 292 valence electrons. The number of benzene rings is 7. The number of hydrogen-bond acceptors (Lipinski definition) is 4. The molecule has 0 N–H and O–H groups in total. The number of nitrogens with zero attached hydrogens (tertiary/aromatic N) is 5. The SMILES string of the molecule is [2H]C1(c2cc3c(cc2-c2cc(-n4c5ccccc5n5c6ccccc6nc45)cc4c2Oc2ccccc2C4(C)C)-c2ccccc2-c2ncncc2-c2ccccc2-3)CCCC1. The Morgan fingerprint density at radius 1 is 0.607 bits per heavy atom. The van der Waals surface area contributed by atoms with Gasteiger partial charge < -0.3 is 4.74 Å². The van der Waals surface area contributed by atoms with Crippen molar-refractivity contribution in [2.24, 2.45) is 0 Å². The van der Waals surface area contributed by atoms with Crippen LogP contribution in [0, 0.1) is 0 Å². The molecule has 6 nitrogen and oxygen atoms in total. The van der Waals surface area contributed by atoms with Crippen LogP contribution in [0.25, 0.3) is 89.3 Å². The van der Waals surface area contributed by atoms with Gasteiger partial charge in [-0.1, -0.05) is 118 Å². The largest absolute Gasteiger partial charge is 0.456 e. The van der Waals surface area contributed by atoms with E-state index in [-0.39, 0.29) is 0 Å². The molecule has 0 bridgehead atoms. The van der Waals surface area contributed by atoms with Crippen LogP contribution in [-0.2, 0) is 5.41 Å². The molecule has 1 fully saturated rings. The molecule has 13 rings (SSSR count). The summed E-state index contributed by atoms with van der Waals surface area (Å²) in [5.74, 6) is 1.74. The van der Waals surface area contributed by atoms with E-state index < -0.39 is 11.3 Å². The lowest BCUT2D eigenvalue weighted by atomic mass is 9.73. The summed E-state index contributed by atoms with van der Waals surface area (Å²) in [4.78, 5) is 14.8. The average molecular weight is 789 g/mol. The predicted molar refractivity (Wildman–Crippen MR) is 246 cm³/mol. The summed E-state index contributed by atoms with van der Waals surface area (Å²) in [6, 6.07) is 52.0. The highest BCUT2D eigenvalue weighted by Gasteiger charge is 2.38. The molecule has 3 aliphatic rings. The van der Waals surface area contributed by atoms with Crippen molar-refractivity contribution < 1.29 is 6.11 Å². The summed E-state index contributed by atoms with van der Waals surface area (Å²) in [6.07, 6.45) is 7.20. The van der Waals surface area contributed by atoms with E-state index >= 15 is 0 Å². The van der Waals surface area contributed by atoms with E-state index in [9.17, 15) is 1.37 Å². The van der Waals surface area contributed by atoms with E-state index in [4.69, 9.17) is 14.7 Å². The molecular weight excluding hydrogens is 747 g/mol. The number of aromatic nitrogens is 5. The van der Waals surface area contributed by atoms with E-state index in [0.717, 1.165) is 143 Å². The van der Waals surface area contributed by atoms with Gasteiger partial charge in [0, 0.05) is 40.8 Å². The van der Waals surface area contributed by atoms with Gasteiger partial charge in [-0.15, -0.1) is 0 Å². The van der Waals surface area contributed by atoms with Crippen LogP contribution in [0.4, 0.5) is 0 Å². The lowest BCUT2D eigenvalue weighted by Gasteiger charge is -2.36. The monoisotopic (exact) mass is 788 g/mol. The van der Waals surface area contributed by atoms with Crippen molar-refractivity contribution in [1.29, 1.82) is 0 Å². The molecule has 1 saturated carbocycles. The minimum Gasteiger partial charge on any atom is -0.456 e. The van der Waals surface area contributed by atoms with E-state index in [2.05, 4.69) is 173 Å². The van der Waals surface area contributed by atoms with Crippen molar-refractivity contribution in [3.8, 4) is 73.0 Å². The zero-order valence-corrected chi connectivity index (χ0v) is 34.0. The van der Waals surface area contributed by atoms with Crippen molar-refractivity contribution in [2.45, 2.75) is 50.8 Å². The summed E-state index contributed by atoms with van der Waals surface area (Å²) in [5, 5.41) is 0. The molecule has 4 heterocycles. The van der Waals surface area contributed by atoms with Gasteiger partial charge in [0.25, 0.3) is 0 Å². The molecule has 61 heavy (non-hydrogen) atoms. The summed E-state index contributed by atoms with van der Waals surface area (Å²) in [5.41, 5.74) is 18.5. The fourth-order valence-corrected chi connectivity index (χ4v) is 10.7. The minimum atomic E-state index is -0.804. The number of imidazole rings is 2. The zero-order valence-electron chi connectivity index (χ0n) is 35.0. The lowest BCUT2D eigenvalue weighted by Crippen LogP contribution is -2.25. The fourth-order valence-electron chi connectivity index (χ4n) is 10.7. The van der Waals surface area contributed by atoms with Crippen LogP contribution >= 0.6 is 0 Å². The maximum absolute atomic E-state index is 10.4. The summed E-state index contributed by atoms with van der Waals surface area (Å²) in [6.45, 7) is 4.62. The second-order valence-electron chi connectivity index (χ2n) is 17.3. The molecule has 6 heteroatoms. The lowest BCUT2D eigenvalue weighted by molar-refractivity contribution is 0.419. The summed E-state index contributed by atoms with van der Waals surface area (Å²) in [7, 11) is 0. The zero-order chi connectivity index (χ0) is 41.3. The smallest absolute Gasteiger partial charge is 0.220 e. The molecule has 10 aromatic rings.